The van der Waals surface area contributed by atoms with Gasteiger partial charge in [0.05, 0.1) is 11.1 Å². The molecule has 1 atom stereocenters. The van der Waals surface area contributed by atoms with Crippen LogP contribution in [0.3, 0.4) is 0 Å². The average Bonchev–Trinajstić information content (AvgIpc) is 2.34. The van der Waals surface area contributed by atoms with Gasteiger partial charge in [-0.15, -0.1) is 11.8 Å². The summed E-state index contributed by atoms with van der Waals surface area (Å²) in [5.41, 5.74) is 6.89. The van der Waals surface area contributed by atoms with Gasteiger partial charge in [-0.2, -0.15) is 0 Å². The van der Waals surface area contributed by atoms with E-state index in [-0.39, 0.29) is 11.3 Å². The van der Waals surface area contributed by atoms with E-state index in [4.69, 9.17) is 10.5 Å². The molecule has 1 rings (SSSR count). The number of nitrogens with two attached hydrogens (primary N) is 1. The van der Waals surface area contributed by atoms with Crippen molar-refractivity contribution in [1.29, 1.82) is 0 Å². The Kier molecular flexibility index (Phi) is 6.83. The molecule has 0 fully saturated rings. The van der Waals surface area contributed by atoms with Crippen LogP contribution in [0.2, 0.25) is 0 Å². The highest BCUT2D eigenvalue weighted by Gasteiger charge is 2.10. The predicted molar refractivity (Wildman–Crippen MR) is 76.1 cm³/mol. The molecule has 0 spiro atoms. The van der Waals surface area contributed by atoms with Crippen LogP contribution in [0, 0.1) is 5.92 Å². The number of carbonyl (C=O) groups is 1. The number of thioether (sulfide) groups is 1. The number of hydrogen-bond donors (Lipinski definition) is 1. The van der Waals surface area contributed by atoms with Crippen LogP contribution in [0.1, 0.15) is 25.8 Å². The van der Waals surface area contributed by atoms with Crippen molar-refractivity contribution in [3.63, 3.8) is 0 Å². The molecule has 0 radical (unpaired) electrons. The molecule has 0 aromatic heterocycles. The number of ether oxygens (including phenoxy) is 1. The Labute approximate surface area is 113 Å². The van der Waals surface area contributed by atoms with E-state index in [2.05, 4.69) is 13.8 Å². The van der Waals surface area contributed by atoms with Gasteiger partial charge in [0.15, 0.2) is 0 Å². The summed E-state index contributed by atoms with van der Waals surface area (Å²) in [6.07, 6.45) is 0.913. The normalized spacial score (nSPS) is 12.4. The molecule has 0 amide bonds. The van der Waals surface area contributed by atoms with Crippen molar-refractivity contribution in [2.45, 2.75) is 32.2 Å². The first kappa shape index (κ1) is 15.1. The zero-order valence-electron chi connectivity index (χ0n) is 11.0. The molecule has 2 N–H and O–H groups in total. The molecule has 0 bridgehead atoms. The molecular weight excluding hydrogens is 246 g/mol. The molecule has 1 aromatic rings. The van der Waals surface area contributed by atoms with Crippen LogP contribution in [-0.4, -0.2) is 17.1 Å². The molecular formula is C14H21NO2S. The van der Waals surface area contributed by atoms with Gasteiger partial charge in [0.2, 0.25) is 0 Å². The maximum atomic E-state index is 11.5. The first-order valence-corrected chi connectivity index (χ1v) is 7.19. The quantitative estimate of drug-likeness (QED) is 0.609. The summed E-state index contributed by atoms with van der Waals surface area (Å²) in [5.74, 6) is 0.664. The summed E-state index contributed by atoms with van der Waals surface area (Å²) in [5, 5.41) is 0.00859. The lowest BCUT2D eigenvalue weighted by Crippen LogP contribution is -2.20. The lowest BCUT2D eigenvalue weighted by Gasteiger charge is -2.13. The lowest BCUT2D eigenvalue weighted by atomic mass is 10.1. The number of rotatable bonds is 7. The minimum Gasteiger partial charge on any atom is -0.460 e. The van der Waals surface area contributed by atoms with Gasteiger partial charge >= 0.3 is 5.97 Å². The van der Waals surface area contributed by atoms with Crippen molar-refractivity contribution in [3.8, 4) is 0 Å². The maximum Gasteiger partial charge on any atom is 0.316 e. The molecule has 100 valence electrons. The SMILES string of the molecule is CC(C)C[C@H](N)SCC(=O)OCc1ccccc1. The Bertz CT molecular complexity index is 354. The summed E-state index contributed by atoms with van der Waals surface area (Å²) >= 11 is 1.45. The van der Waals surface area contributed by atoms with E-state index in [1.807, 2.05) is 30.3 Å². The van der Waals surface area contributed by atoms with Gasteiger partial charge in [-0.1, -0.05) is 44.2 Å². The summed E-state index contributed by atoms with van der Waals surface area (Å²) in [6.45, 7) is 4.57. The third-order valence-electron chi connectivity index (χ3n) is 2.36. The van der Waals surface area contributed by atoms with E-state index in [9.17, 15) is 4.79 Å². The minimum atomic E-state index is -0.206. The molecule has 0 aliphatic rings. The van der Waals surface area contributed by atoms with Crippen LogP contribution in [0.15, 0.2) is 30.3 Å². The van der Waals surface area contributed by atoms with Gasteiger partial charge in [0, 0.05) is 0 Å². The van der Waals surface area contributed by atoms with Gasteiger partial charge in [0.25, 0.3) is 0 Å². The van der Waals surface area contributed by atoms with Crippen molar-refractivity contribution in [1.82, 2.24) is 0 Å². The van der Waals surface area contributed by atoms with Gasteiger partial charge < -0.3 is 10.5 Å². The van der Waals surface area contributed by atoms with Crippen LogP contribution in [-0.2, 0) is 16.1 Å². The smallest absolute Gasteiger partial charge is 0.316 e. The van der Waals surface area contributed by atoms with E-state index in [0.29, 0.717) is 18.3 Å². The number of hydrogen-bond acceptors (Lipinski definition) is 4. The van der Waals surface area contributed by atoms with E-state index < -0.39 is 0 Å². The number of esters is 1. The van der Waals surface area contributed by atoms with E-state index >= 15 is 0 Å². The monoisotopic (exact) mass is 267 g/mol. The maximum absolute atomic E-state index is 11.5. The molecule has 18 heavy (non-hydrogen) atoms. The summed E-state index contributed by atoms with van der Waals surface area (Å²) < 4.78 is 5.17. The fourth-order valence-corrected chi connectivity index (χ4v) is 2.44. The second-order valence-electron chi connectivity index (χ2n) is 4.63. The molecule has 0 aliphatic carbocycles. The zero-order valence-corrected chi connectivity index (χ0v) is 11.8. The Balaban J connectivity index is 2.18. The standard InChI is InChI=1S/C14H21NO2S/c1-11(2)8-13(15)18-10-14(16)17-9-12-6-4-3-5-7-12/h3-7,11,13H,8-10,15H2,1-2H3/t13-/m1/s1. The highest BCUT2D eigenvalue weighted by atomic mass is 32.2. The molecule has 1 aromatic carbocycles. The third kappa shape index (κ3) is 6.67. The Morgan fingerprint density at radius 2 is 2.00 bits per heavy atom. The molecule has 0 saturated carbocycles. The first-order valence-electron chi connectivity index (χ1n) is 6.14. The molecule has 0 saturated heterocycles. The highest BCUT2D eigenvalue weighted by molar-refractivity contribution is 8.00. The average molecular weight is 267 g/mol. The molecule has 0 unspecified atom stereocenters. The molecule has 0 aliphatic heterocycles. The van der Waals surface area contributed by atoms with Crippen LogP contribution in [0.5, 0.6) is 0 Å². The minimum absolute atomic E-state index is 0.00859. The molecule has 4 heteroatoms. The van der Waals surface area contributed by atoms with Crippen molar-refractivity contribution in [2.24, 2.45) is 11.7 Å². The van der Waals surface area contributed by atoms with Crippen molar-refractivity contribution < 1.29 is 9.53 Å². The Morgan fingerprint density at radius 3 is 2.61 bits per heavy atom. The summed E-state index contributed by atoms with van der Waals surface area (Å²) in [6, 6.07) is 9.66. The Hall–Kier alpha value is -1.00. The van der Waals surface area contributed by atoms with Crippen LogP contribution in [0.4, 0.5) is 0 Å². The van der Waals surface area contributed by atoms with Gasteiger partial charge in [-0.05, 0) is 17.9 Å². The van der Waals surface area contributed by atoms with Crippen LogP contribution in [0.25, 0.3) is 0 Å². The molecule has 3 nitrogen and oxygen atoms in total. The lowest BCUT2D eigenvalue weighted by molar-refractivity contribution is -0.141. The van der Waals surface area contributed by atoms with E-state index in [0.717, 1.165) is 12.0 Å². The largest absolute Gasteiger partial charge is 0.460 e. The topological polar surface area (TPSA) is 52.3 Å². The Morgan fingerprint density at radius 1 is 1.33 bits per heavy atom. The fraction of sp³-hybridized carbons (Fsp3) is 0.500. The van der Waals surface area contributed by atoms with Crippen molar-refractivity contribution in [3.05, 3.63) is 35.9 Å². The van der Waals surface area contributed by atoms with Crippen LogP contribution < -0.4 is 5.73 Å². The fourth-order valence-electron chi connectivity index (χ4n) is 1.49. The van der Waals surface area contributed by atoms with Crippen molar-refractivity contribution in [2.75, 3.05) is 5.75 Å². The van der Waals surface area contributed by atoms with Crippen molar-refractivity contribution >= 4 is 17.7 Å². The van der Waals surface area contributed by atoms with Gasteiger partial charge in [-0.25, -0.2) is 0 Å². The molecule has 0 heterocycles. The second-order valence-corrected chi connectivity index (χ2v) is 5.85. The van der Waals surface area contributed by atoms with Gasteiger partial charge in [0.1, 0.15) is 6.61 Å². The van der Waals surface area contributed by atoms with Crippen LogP contribution >= 0.6 is 11.8 Å². The van der Waals surface area contributed by atoms with Gasteiger partial charge in [-0.3, -0.25) is 4.79 Å². The summed E-state index contributed by atoms with van der Waals surface area (Å²) in [4.78, 5) is 11.5. The highest BCUT2D eigenvalue weighted by Crippen LogP contribution is 2.14. The van der Waals surface area contributed by atoms with E-state index in [1.165, 1.54) is 11.8 Å². The second kappa shape index (κ2) is 8.16. The predicted octanol–water partition coefficient (Wildman–Crippen LogP) is 2.79. The van der Waals surface area contributed by atoms with E-state index in [1.54, 1.807) is 0 Å². The summed E-state index contributed by atoms with van der Waals surface area (Å²) in [7, 11) is 0. The zero-order chi connectivity index (χ0) is 13.4. The third-order valence-corrected chi connectivity index (χ3v) is 3.38. The number of carbonyl (C=O) groups excluding carboxylic acids is 1. The first-order chi connectivity index (χ1) is 8.58. The number of benzene rings is 1.